The van der Waals surface area contributed by atoms with E-state index in [1.54, 1.807) is 42.5 Å². The van der Waals surface area contributed by atoms with E-state index in [-0.39, 0.29) is 22.0 Å². The Morgan fingerprint density at radius 2 is 1.83 bits per heavy atom. The van der Waals surface area contributed by atoms with Gasteiger partial charge in [-0.25, -0.2) is 4.98 Å². The van der Waals surface area contributed by atoms with Crippen molar-refractivity contribution in [3.63, 3.8) is 0 Å². The average Bonchev–Trinajstić information content (AvgIpc) is 2.58. The van der Waals surface area contributed by atoms with Crippen LogP contribution in [0, 0.1) is 10.1 Å². The SMILES string of the molecule is O=[N+]([O-])c1ccccc1/C=C/c1ccc2c(Cl)cc(Cl)c(O)c2n1. The van der Waals surface area contributed by atoms with Crippen LogP contribution in [0.1, 0.15) is 11.3 Å². The Morgan fingerprint density at radius 3 is 2.58 bits per heavy atom. The number of halogens is 2. The molecule has 1 aromatic heterocycles. The minimum atomic E-state index is -0.446. The van der Waals surface area contributed by atoms with Crippen LogP contribution < -0.4 is 0 Å². The topological polar surface area (TPSA) is 76.3 Å². The van der Waals surface area contributed by atoms with E-state index in [1.165, 1.54) is 12.1 Å². The number of aromatic nitrogens is 1. The number of phenolic OH excluding ortho intramolecular Hbond substituents is 1. The van der Waals surface area contributed by atoms with E-state index in [1.807, 2.05) is 0 Å². The highest BCUT2D eigenvalue weighted by atomic mass is 35.5. The van der Waals surface area contributed by atoms with Crippen LogP contribution >= 0.6 is 23.2 Å². The molecule has 0 bridgehead atoms. The molecule has 0 atom stereocenters. The van der Waals surface area contributed by atoms with E-state index in [2.05, 4.69) is 4.98 Å². The molecule has 2 aromatic carbocycles. The summed E-state index contributed by atoms with van der Waals surface area (Å²) in [6.07, 6.45) is 3.21. The smallest absolute Gasteiger partial charge is 0.276 e. The van der Waals surface area contributed by atoms with Crippen molar-refractivity contribution in [1.29, 1.82) is 0 Å². The molecule has 7 heteroatoms. The van der Waals surface area contributed by atoms with Crippen LogP contribution in [0.5, 0.6) is 5.75 Å². The Balaban J connectivity index is 2.05. The van der Waals surface area contributed by atoms with Crippen LogP contribution in [-0.4, -0.2) is 15.0 Å². The number of pyridine rings is 1. The highest BCUT2D eigenvalue weighted by Crippen LogP contribution is 2.36. The molecule has 0 fully saturated rings. The second-order valence-corrected chi connectivity index (χ2v) is 5.78. The summed E-state index contributed by atoms with van der Waals surface area (Å²) in [6, 6.07) is 11.2. The molecule has 120 valence electrons. The Hall–Kier alpha value is -2.63. The zero-order valence-electron chi connectivity index (χ0n) is 12.1. The van der Waals surface area contributed by atoms with Gasteiger partial charge >= 0.3 is 0 Å². The van der Waals surface area contributed by atoms with Gasteiger partial charge in [0.1, 0.15) is 5.52 Å². The summed E-state index contributed by atoms with van der Waals surface area (Å²) >= 11 is 12.0. The van der Waals surface area contributed by atoms with Crippen LogP contribution in [0.15, 0.2) is 42.5 Å². The first-order chi connectivity index (χ1) is 11.5. The number of rotatable bonds is 3. The fourth-order valence-corrected chi connectivity index (χ4v) is 2.80. The van der Waals surface area contributed by atoms with Crippen molar-refractivity contribution in [2.45, 2.75) is 0 Å². The highest BCUT2D eigenvalue weighted by molar-refractivity contribution is 6.39. The first-order valence-electron chi connectivity index (χ1n) is 6.86. The molecular formula is C17H10Cl2N2O3. The van der Waals surface area contributed by atoms with E-state index in [4.69, 9.17) is 23.2 Å². The minimum absolute atomic E-state index is 0.00322. The van der Waals surface area contributed by atoms with Crippen LogP contribution in [0.3, 0.4) is 0 Å². The predicted molar refractivity (Wildman–Crippen MR) is 95.5 cm³/mol. The standard InChI is InChI=1S/C17H10Cl2N2O3/c18-13-9-14(19)17(22)16-12(13)8-7-11(20-16)6-5-10-3-1-2-4-15(10)21(23)24/h1-9,22H/b6-5+. The van der Waals surface area contributed by atoms with Crippen LogP contribution in [0.2, 0.25) is 10.0 Å². The summed E-state index contributed by atoms with van der Waals surface area (Å²) in [6.45, 7) is 0. The number of hydrogen-bond acceptors (Lipinski definition) is 4. The fourth-order valence-electron chi connectivity index (χ4n) is 2.28. The molecule has 0 unspecified atom stereocenters. The van der Waals surface area contributed by atoms with Gasteiger partial charge in [0, 0.05) is 11.5 Å². The molecule has 1 heterocycles. The molecule has 0 radical (unpaired) electrons. The largest absolute Gasteiger partial charge is 0.504 e. The maximum absolute atomic E-state index is 11.0. The fraction of sp³-hybridized carbons (Fsp3) is 0. The van der Waals surface area contributed by atoms with Gasteiger partial charge in [0.05, 0.1) is 26.2 Å². The lowest BCUT2D eigenvalue weighted by Crippen LogP contribution is -1.90. The molecule has 0 saturated heterocycles. The Kier molecular flexibility index (Phi) is 4.38. The zero-order valence-corrected chi connectivity index (χ0v) is 13.6. The molecule has 1 N–H and O–H groups in total. The third kappa shape index (κ3) is 3.04. The van der Waals surface area contributed by atoms with E-state index < -0.39 is 4.92 Å². The minimum Gasteiger partial charge on any atom is -0.504 e. The number of nitrogens with zero attached hydrogens (tertiary/aromatic N) is 2. The van der Waals surface area contributed by atoms with Crippen molar-refractivity contribution in [2.75, 3.05) is 0 Å². The third-order valence-corrected chi connectivity index (χ3v) is 4.05. The third-order valence-electron chi connectivity index (χ3n) is 3.45. The van der Waals surface area contributed by atoms with Gasteiger partial charge in [-0.15, -0.1) is 0 Å². The molecule has 0 saturated carbocycles. The quantitative estimate of drug-likeness (QED) is 0.506. The number of hydrogen-bond donors (Lipinski definition) is 1. The number of nitro groups is 1. The van der Waals surface area contributed by atoms with Crippen molar-refractivity contribution in [2.24, 2.45) is 0 Å². The molecule has 3 aromatic rings. The summed E-state index contributed by atoms with van der Waals surface area (Å²) in [7, 11) is 0. The lowest BCUT2D eigenvalue weighted by Gasteiger charge is -2.05. The van der Waals surface area contributed by atoms with Gasteiger partial charge in [-0.1, -0.05) is 35.3 Å². The molecule has 5 nitrogen and oxygen atoms in total. The van der Waals surface area contributed by atoms with Gasteiger partial charge in [-0.2, -0.15) is 0 Å². The Bertz CT molecular complexity index is 987. The van der Waals surface area contributed by atoms with Gasteiger partial charge in [0.15, 0.2) is 5.75 Å². The summed E-state index contributed by atoms with van der Waals surface area (Å²) in [4.78, 5) is 14.9. The Labute approximate surface area is 146 Å². The molecular weight excluding hydrogens is 351 g/mol. The van der Waals surface area contributed by atoms with Crippen molar-refractivity contribution >= 4 is 51.9 Å². The molecule has 3 rings (SSSR count). The van der Waals surface area contributed by atoms with E-state index >= 15 is 0 Å². The van der Waals surface area contributed by atoms with E-state index in [0.29, 0.717) is 21.7 Å². The molecule has 0 spiro atoms. The van der Waals surface area contributed by atoms with Gasteiger partial charge in [0.25, 0.3) is 5.69 Å². The van der Waals surface area contributed by atoms with Crippen molar-refractivity contribution in [3.05, 3.63) is 73.9 Å². The summed E-state index contributed by atoms with van der Waals surface area (Å²) in [5.41, 5.74) is 1.24. The molecule has 24 heavy (non-hydrogen) atoms. The number of benzene rings is 2. The Morgan fingerprint density at radius 1 is 1.08 bits per heavy atom. The van der Waals surface area contributed by atoms with Gasteiger partial charge < -0.3 is 5.11 Å². The van der Waals surface area contributed by atoms with Gasteiger partial charge in [0.2, 0.25) is 0 Å². The van der Waals surface area contributed by atoms with Crippen molar-refractivity contribution in [1.82, 2.24) is 4.98 Å². The number of nitro benzene ring substituents is 1. The number of aromatic hydroxyl groups is 1. The first-order valence-corrected chi connectivity index (χ1v) is 7.62. The van der Waals surface area contributed by atoms with Crippen LogP contribution in [0.25, 0.3) is 23.1 Å². The first kappa shape index (κ1) is 16.2. The number of phenols is 1. The number of fused-ring (bicyclic) bond motifs is 1. The predicted octanol–water partition coefficient (Wildman–Crippen LogP) is 5.33. The highest BCUT2D eigenvalue weighted by Gasteiger charge is 2.12. The normalized spacial score (nSPS) is 11.2. The molecule has 0 amide bonds. The lowest BCUT2D eigenvalue weighted by molar-refractivity contribution is -0.385. The second-order valence-electron chi connectivity index (χ2n) is 4.97. The summed E-state index contributed by atoms with van der Waals surface area (Å²) in [5, 5.41) is 22.1. The van der Waals surface area contributed by atoms with E-state index in [9.17, 15) is 15.2 Å². The van der Waals surface area contributed by atoms with Gasteiger partial charge in [-0.05, 0) is 36.4 Å². The lowest BCUT2D eigenvalue weighted by atomic mass is 10.1. The summed E-state index contributed by atoms with van der Waals surface area (Å²) < 4.78 is 0. The average molecular weight is 361 g/mol. The van der Waals surface area contributed by atoms with E-state index in [0.717, 1.165) is 0 Å². The molecule has 0 aliphatic carbocycles. The molecule has 0 aliphatic heterocycles. The van der Waals surface area contributed by atoms with Crippen molar-refractivity contribution < 1.29 is 10.0 Å². The van der Waals surface area contributed by atoms with Crippen LogP contribution in [0.4, 0.5) is 5.69 Å². The van der Waals surface area contributed by atoms with Crippen LogP contribution in [-0.2, 0) is 0 Å². The second kappa shape index (κ2) is 6.47. The zero-order chi connectivity index (χ0) is 17.3. The number of para-hydroxylation sites is 1. The summed E-state index contributed by atoms with van der Waals surface area (Å²) in [5.74, 6) is -0.156. The maximum atomic E-state index is 11.0. The van der Waals surface area contributed by atoms with Gasteiger partial charge in [-0.3, -0.25) is 10.1 Å². The monoisotopic (exact) mass is 360 g/mol. The maximum Gasteiger partial charge on any atom is 0.276 e. The van der Waals surface area contributed by atoms with Crippen molar-refractivity contribution in [3.8, 4) is 5.75 Å². The molecule has 0 aliphatic rings.